The summed E-state index contributed by atoms with van der Waals surface area (Å²) in [7, 11) is -4.60. The number of rotatable bonds is 30. The molecule has 0 fully saturated rings. The smallest absolute Gasteiger partial charge is 0.457 e. The highest BCUT2D eigenvalue weighted by atomic mass is 31.2. The van der Waals surface area contributed by atoms with Gasteiger partial charge in [0.1, 0.15) is 12.2 Å². The number of carbonyl (C=O) groups excluding carboxylic acids is 2. The molecule has 0 aliphatic heterocycles. The summed E-state index contributed by atoms with van der Waals surface area (Å²) in [5, 5.41) is 18.8. The maximum Gasteiger partial charge on any atom is 0.472 e. The van der Waals surface area contributed by atoms with Crippen LogP contribution in [-0.4, -0.2) is 65.7 Å². The van der Waals surface area contributed by atoms with Gasteiger partial charge < -0.3 is 24.6 Å². The van der Waals surface area contributed by atoms with Crippen LogP contribution in [0.3, 0.4) is 0 Å². The third-order valence-corrected chi connectivity index (χ3v) is 7.77. The highest BCUT2D eigenvalue weighted by Crippen LogP contribution is 2.43. The van der Waals surface area contributed by atoms with Crippen LogP contribution in [0.5, 0.6) is 0 Å². The van der Waals surface area contributed by atoms with E-state index in [-0.39, 0.29) is 12.8 Å². The quantitative estimate of drug-likeness (QED) is 0.0452. The number of esters is 2. The number of phosphoric acid groups is 1. The maximum atomic E-state index is 12.1. The van der Waals surface area contributed by atoms with Gasteiger partial charge in [0.25, 0.3) is 0 Å². The number of unbranched alkanes of at least 4 members (excludes halogenated alkanes) is 16. The lowest BCUT2D eigenvalue weighted by molar-refractivity contribution is -0.153. The summed E-state index contributed by atoms with van der Waals surface area (Å²) in [6, 6.07) is 0. The Morgan fingerprint density at radius 2 is 0.854 bits per heavy atom. The molecule has 3 unspecified atom stereocenters. The Kier molecular flexibility index (Phi) is 27.1. The van der Waals surface area contributed by atoms with Crippen molar-refractivity contribution in [2.45, 2.75) is 154 Å². The number of carbonyl (C=O) groups is 2. The molecule has 0 saturated heterocycles. The molecular formula is C30H59O10P. The van der Waals surface area contributed by atoms with Crippen LogP contribution in [0.2, 0.25) is 0 Å². The van der Waals surface area contributed by atoms with E-state index in [9.17, 15) is 29.3 Å². The van der Waals surface area contributed by atoms with Gasteiger partial charge in [0.15, 0.2) is 0 Å². The number of hydrogen-bond acceptors (Lipinski definition) is 9. The van der Waals surface area contributed by atoms with Gasteiger partial charge in [-0.2, -0.15) is 0 Å². The fourth-order valence-electron chi connectivity index (χ4n) is 4.29. The molecule has 0 aromatic rings. The summed E-state index contributed by atoms with van der Waals surface area (Å²) in [6.07, 6.45) is 19.0. The second-order valence-corrected chi connectivity index (χ2v) is 12.3. The lowest BCUT2D eigenvalue weighted by atomic mass is 10.0. The molecule has 0 rings (SSSR count). The first-order valence-electron chi connectivity index (χ1n) is 16.0. The first-order valence-corrected chi connectivity index (χ1v) is 17.5. The van der Waals surface area contributed by atoms with Crippen LogP contribution in [0.25, 0.3) is 0 Å². The van der Waals surface area contributed by atoms with Crippen LogP contribution in [0.1, 0.15) is 142 Å². The van der Waals surface area contributed by atoms with Crippen molar-refractivity contribution in [3.05, 3.63) is 0 Å². The van der Waals surface area contributed by atoms with E-state index in [0.29, 0.717) is 12.8 Å². The third-order valence-electron chi connectivity index (χ3n) is 6.82. The van der Waals surface area contributed by atoms with Crippen molar-refractivity contribution >= 4 is 19.8 Å². The minimum absolute atomic E-state index is 0.181. The summed E-state index contributed by atoms with van der Waals surface area (Å²) in [4.78, 5) is 33.7. The van der Waals surface area contributed by atoms with E-state index >= 15 is 0 Å². The number of hydrogen-bond donors (Lipinski definition) is 3. The predicted molar refractivity (Wildman–Crippen MR) is 159 cm³/mol. The van der Waals surface area contributed by atoms with Crippen molar-refractivity contribution in [3.63, 3.8) is 0 Å². The second-order valence-electron chi connectivity index (χ2n) is 10.8. The average Bonchev–Trinajstić information content (AvgIpc) is 2.95. The van der Waals surface area contributed by atoms with Crippen molar-refractivity contribution in [1.29, 1.82) is 0 Å². The Hall–Kier alpha value is -1.03. The lowest BCUT2D eigenvalue weighted by Crippen LogP contribution is -2.28. The molecule has 41 heavy (non-hydrogen) atoms. The molecule has 0 aliphatic rings. The van der Waals surface area contributed by atoms with Crippen molar-refractivity contribution in [3.8, 4) is 0 Å². The van der Waals surface area contributed by atoms with Crippen molar-refractivity contribution in [2.24, 2.45) is 0 Å². The summed E-state index contributed by atoms with van der Waals surface area (Å²) >= 11 is 0. The summed E-state index contributed by atoms with van der Waals surface area (Å²) < 4.78 is 31.9. The largest absolute Gasteiger partial charge is 0.472 e. The molecule has 11 heteroatoms. The standard InChI is InChI=1S/C30H59O10P/c1-3-5-7-8-9-10-11-12-13-14-15-16-17-18-20-22-30(34)40-28(24-32)26-38-41(35,36)37-25-27(23-31)39-29(33)21-19-6-4-2/h27-28,31-32H,3-26H2,1-2H3,(H,35,36). The van der Waals surface area contributed by atoms with Crippen LogP contribution in [-0.2, 0) is 32.7 Å². The van der Waals surface area contributed by atoms with Crippen LogP contribution in [0.4, 0.5) is 0 Å². The van der Waals surface area contributed by atoms with E-state index in [1.165, 1.54) is 70.6 Å². The molecule has 0 aliphatic carbocycles. The van der Waals surface area contributed by atoms with Crippen molar-refractivity contribution < 1.29 is 47.8 Å². The Morgan fingerprint density at radius 1 is 0.561 bits per heavy atom. The molecule has 0 spiro atoms. The maximum absolute atomic E-state index is 12.1. The predicted octanol–water partition coefficient (Wildman–Crippen LogP) is 6.77. The van der Waals surface area contributed by atoms with Crippen LogP contribution in [0.15, 0.2) is 0 Å². The van der Waals surface area contributed by atoms with Crippen molar-refractivity contribution in [2.75, 3.05) is 26.4 Å². The SMILES string of the molecule is CCCCCCCCCCCCCCCCCC(=O)OC(CO)COP(=O)(O)OCC(CO)OC(=O)CCCCC. The van der Waals surface area contributed by atoms with Crippen LogP contribution < -0.4 is 0 Å². The van der Waals surface area contributed by atoms with E-state index in [1.54, 1.807) is 0 Å². The molecule has 244 valence electrons. The Bertz CT molecular complexity index is 676. The third kappa shape index (κ3) is 26.3. The number of ether oxygens (including phenoxy) is 2. The topological polar surface area (TPSA) is 149 Å². The van der Waals surface area contributed by atoms with Gasteiger partial charge in [0, 0.05) is 12.8 Å². The molecule has 0 aromatic heterocycles. The highest BCUT2D eigenvalue weighted by molar-refractivity contribution is 7.47. The van der Waals surface area contributed by atoms with Gasteiger partial charge in [-0.25, -0.2) is 4.57 Å². The summed E-state index contributed by atoms with van der Waals surface area (Å²) in [5.41, 5.74) is 0. The van der Waals surface area contributed by atoms with Gasteiger partial charge in [0.2, 0.25) is 0 Å². The number of aliphatic hydroxyl groups excluding tert-OH is 2. The molecule has 10 nitrogen and oxygen atoms in total. The van der Waals surface area contributed by atoms with E-state index in [4.69, 9.17) is 18.5 Å². The molecule has 0 heterocycles. The first kappa shape index (κ1) is 40.0. The van der Waals surface area contributed by atoms with Gasteiger partial charge in [0.05, 0.1) is 26.4 Å². The molecule has 0 amide bonds. The number of phosphoric ester groups is 1. The van der Waals surface area contributed by atoms with Crippen LogP contribution in [0, 0.1) is 0 Å². The number of aliphatic hydroxyl groups is 2. The Labute approximate surface area is 248 Å². The minimum atomic E-state index is -4.60. The van der Waals surface area contributed by atoms with Gasteiger partial charge in [-0.3, -0.25) is 18.6 Å². The Balaban J connectivity index is 3.91. The molecule has 0 saturated carbocycles. The Morgan fingerprint density at radius 3 is 1.20 bits per heavy atom. The highest BCUT2D eigenvalue weighted by Gasteiger charge is 2.27. The van der Waals surface area contributed by atoms with Gasteiger partial charge in [-0.15, -0.1) is 0 Å². The van der Waals surface area contributed by atoms with Crippen molar-refractivity contribution in [1.82, 2.24) is 0 Å². The summed E-state index contributed by atoms with van der Waals surface area (Å²) in [5.74, 6) is -1.04. The van der Waals surface area contributed by atoms with E-state index < -0.39 is 58.4 Å². The second kappa shape index (κ2) is 27.8. The molecule has 0 radical (unpaired) electrons. The molecule has 0 bridgehead atoms. The van der Waals surface area contributed by atoms with E-state index in [1.807, 2.05) is 6.92 Å². The molecular weight excluding hydrogens is 551 g/mol. The zero-order chi connectivity index (χ0) is 30.6. The average molecular weight is 611 g/mol. The summed E-state index contributed by atoms with van der Waals surface area (Å²) in [6.45, 7) is 1.98. The van der Waals surface area contributed by atoms with Gasteiger partial charge in [-0.05, 0) is 12.8 Å². The van der Waals surface area contributed by atoms with Crippen LogP contribution >= 0.6 is 7.82 Å². The van der Waals surface area contributed by atoms with Gasteiger partial charge >= 0.3 is 19.8 Å². The monoisotopic (exact) mass is 610 g/mol. The van der Waals surface area contributed by atoms with Gasteiger partial charge in [-0.1, -0.05) is 117 Å². The minimum Gasteiger partial charge on any atom is -0.457 e. The molecule has 0 aromatic carbocycles. The zero-order valence-electron chi connectivity index (χ0n) is 25.8. The fourth-order valence-corrected chi connectivity index (χ4v) is 5.07. The lowest BCUT2D eigenvalue weighted by Gasteiger charge is -2.20. The zero-order valence-corrected chi connectivity index (χ0v) is 26.7. The normalized spacial score (nSPS) is 14.4. The van der Waals surface area contributed by atoms with E-state index in [2.05, 4.69) is 6.92 Å². The molecule has 3 N–H and O–H groups in total. The fraction of sp³-hybridized carbons (Fsp3) is 0.933. The molecule has 3 atom stereocenters. The van der Waals surface area contributed by atoms with E-state index in [0.717, 1.165) is 32.1 Å². The first-order chi connectivity index (χ1) is 19.8.